The van der Waals surface area contributed by atoms with Crippen LogP contribution in [0.3, 0.4) is 0 Å². The number of nitrogen functional groups attached to an aromatic ring is 1. The third-order valence-corrected chi connectivity index (χ3v) is 3.59. The zero-order valence-corrected chi connectivity index (χ0v) is 12.9. The lowest BCUT2D eigenvalue weighted by Gasteiger charge is -2.07. The van der Waals surface area contributed by atoms with Gasteiger partial charge in [0, 0.05) is 11.6 Å². The van der Waals surface area contributed by atoms with Crippen LogP contribution in [-0.4, -0.2) is 17.6 Å². The highest BCUT2D eigenvalue weighted by Gasteiger charge is 2.05. The fourth-order valence-corrected chi connectivity index (χ4v) is 2.26. The first-order chi connectivity index (χ1) is 10.5. The smallest absolute Gasteiger partial charge is 0.224 e. The van der Waals surface area contributed by atoms with Crippen LogP contribution in [0.15, 0.2) is 42.5 Å². The van der Waals surface area contributed by atoms with E-state index in [9.17, 15) is 9.90 Å². The van der Waals surface area contributed by atoms with Gasteiger partial charge in [0.15, 0.2) is 0 Å². The summed E-state index contributed by atoms with van der Waals surface area (Å²) in [6, 6.07) is 12.5. The van der Waals surface area contributed by atoms with Crippen molar-refractivity contribution in [1.29, 1.82) is 0 Å². The van der Waals surface area contributed by atoms with Crippen LogP contribution in [-0.2, 0) is 17.6 Å². The monoisotopic (exact) mass is 318 g/mol. The Kier molecular flexibility index (Phi) is 5.67. The van der Waals surface area contributed by atoms with Crippen LogP contribution in [0.25, 0.3) is 0 Å². The highest BCUT2D eigenvalue weighted by molar-refractivity contribution is 6.30. The molecule has 0 spiro atoms. The number of benzene rings is 2. The molecular weight excluding hydrogens is 300 g/mol. The number of phenols is 1. The molecule has 2 aromatic carbocycles. The molecule has 0 aliphatic rings. The fraction of sp³-hybridized carbons (Fsp3) is 0.235. The van der Waals surface area contributed by atoms with Crippen LogP contribution in [0.5, 0.6) is 5.75 Å². The standard InChI is InChI=1S/C17H19ClN2O2/c18-14-6-3-12(4-7-14)2-1-9-20-17(22)11-13-5-8-16(21)15(19)10-13/h3-8,10,21H,1-2,9,11,19H2,(H,20,22). The molecule has 0 saturated heterocycles. The summed E-state index contributed by atoms with van der Waals surface area (Å²) in [5, 5.41) is 12.9. The number of aromatic hydroxyl groups is 1. The number of phenolic OH excluding ortho intramolecular Hbond substituents is 1. The lowest BCUT2D eigenvalue weighted by atomic mass is 10.1. The summed E-state index contributed by atoms with van der Waals surface area (Å²) >= 11 is 5.83. The minimum atomic E-state index is -0.0544. The van der Waals surface area contributed by atoms with Crippen molar-refractivity contribution in [2.24, 2.45) is 0 Å². The molecule has 4 N–H and O–H groups in total. The normalized spacial score (nSPS) is 10.4. The van der Waals surface area contributed by atoms with E-state index in [2.05, 4.69) is 5.32 Å². The molecule has 0 heterocycles. The molecule has 0 fully saturated rings. The van der Waals surface area contributed by atoms with Gasteiger partial charge < -0.3 is 16.2 Å². The van der Waals surface area contributed by atoms with Crippen molar-refractivity contribution in [3.05, 3.63) is 58.6 Å². The van der Waals surface area contributed by atoms with Crippen LogP contribution in [0, 0.1) is 0 Å². The molecule has 0 atom stereocenters. The Morgan fingerprint density at radius 2 is 1.82 bits per heavy atom. The predicted molar refractivity (Wildman–Crippen MR) is 89.0 cm³/mol. The van der Waals surface area contributed by atoms with Gasteiger partial charge in [-0.3, -0.25) is 4.79 Å². The molecule has 0 saturated carbocycles. The van der Waals surface area contributed by atoms with Crippen molar-refractivity contribution in [3.8, 4) is 5.75 Å². The number of aryl methyl sites for hydroxylation is 1. The summed E-state index contributed by atoms with van der Waals surface area (Å²) < 4.78 is 0. The van der Waals surface area contributed by atoms with Crippen molar-refractivity contribution in [2.45, 2.75) is 19.3 Å². The van der Waals surface area contributed by atoms with E-state index in [4.69, 9.17) is 17.3 Å². The molecule has 0 radical (unpaired) electrons. The van der Waals surface area contributed by atoms with Gasteiger partial charge in [-0.15, -0.1) is 0 Å². The Balaban J connectivity index is 1.71. The third kappa shape index (κ3) is 4.97. The van der Waals surface area contributed by atoms with E-state index in [0.29, 0.717) is 6.54 Å². The number of rotatable bonds is 6. The molecule has 22 heavy (non-hydrogen) atoms. The van der Waals surface area contributed by atoms with Crippen LogP contribution in [0.2, 0.25) is 5.02 Å². The molecule has 0 aliphatic heterocycles. The Morgan fingerprint density at radius 3 is 2.50 bits per heavy atom. The number of carbonyl (C=O) groups excluding carboxylic acids is 1. The van der Waals surface area contributed by atoms with Gasteiger partial charge in [0.25, 0.3) is 0 Å². The van der Waals surface area contributed by atoms with Crippen LogP contribution >= 0.6 is 11.6 Å². The Labute approximate surface area is 134 Å². The molecule has 0 aromatic heterocycles. The summed E-state index contributed by atoms with van der Waals surface area (Å²) in [4.78, 5) is 11.8. The Bertz CT molecular complexity index is 642. The summed E-state index contributed by atoms with van der Waals surface area (Å²) in [5.74, 6) is -0.0201. The van der Waals surface area contributed by atoms with Crippen LogP contribution < -0.4 is 11.1 Å². The van der Waals surface area contributed by atoms with E-state index >= 15 is 0 Å². The van der Waals surface area contributed by atoms with Gasteiger partial charge in [0.1, 0.15) is 5.75 Å². The maximum Gasteiger partial charge on any atom is 0.224 e. The lowest BCUT2D eigenvalue weighted by molar-refractivity contribution is -0.120. The van der Waals surface area contributed by atoms with Crippen molar-refractivity contribution < 1.29 is 9.90 Å². The molecule has 0 bridgehead atoms. The van der Waals surface area contributed by atoms with E-state index in [1.165, 1.54) is 11.6 Å². The second-order valence-electron chi connectivity index (χ2n) is 5.15. The summed E-state index contributed by atoms with van der Waals surface area (Å²) in [6.45, 7) is 0.620. The molecule has 0 aliphatic carbocycles. The second kappa shape index (κ2) is 7.71. The van der Waals surface area contributed by atoms with Crippen LogP contribution in [0.1, 0.15) is 17.5 Å². The molecule has 0 unspecified atom stereocenters. The number of nitrogens with one attached hydrogen (secondary N) is 1. The van der Waals surface area contributed by atoms with Gasteiger partial charge in [-0.25, -0.2) is 0 Å². The first-order valence-corrected chi connectivity index (χ1v) is 7.51. The molecule has 2 aromatic rings. The van der Waals surface area contributed by atoms with Gasteiger partial charge in [-0.1, -0.05) is 29.8 Å². The van der Waals surface area contributed by atoms with E-state index in [-0.39, 0.29) is 23.8 Å². The second-order valence-corrected chi connectivity index (χ2v) is 5.59. The number of carbonyl (C=O) groups is 1. The molecule has 5 heteroatoms. The topological polar surface area (TPSA) is 75.4 Å². The highest BCUT2D eigenvalue weighted by Crippen LogP contribution is 2.20. The van der Waals surface area contributed by atoms with Crippen molar-refractivity contribution >= 4 is 23.2 Å². The van der Waals surface area contributed by atoms with Gasteiger partial charge in [-0.05, 0) is 48.2 Å². The van der Waals surface area contributed by atoms with E-state index in [1.54, 1.807) is 12.1 Å². The maximum atomic E-state index is 11.8. The Morgan fingerprint density at radius 1 is 1.14 bits per heavy atom. The number of nitrogens with two attached hydrogens (primary N) is 1. The zero-order valence-electron chi connectivity index (χ0n) is 12.2. The maximum absolute atomic E-state index is 11.8. The molecule has 1 amide bonds. The first kappa shape index (κ1) is 16.2. The molecule has 4 nitrogen and oxygen atoms in total. The average molecular weight is 319 g/mol. The number of halogens is 1. The minimum absolute atomic E-state index is 0.0344. The zero-order chi connectivity index (χ0) is 15.9. The van der Waals surface area contributed by atoms with Crippen LogP contribution in [0.4, 0.5) is 5.69 Å². The minimum Gasteiger partial charge on any atom is -0.506 e. The highest BCUT2D eigenvalue weighted by atomic mass is 35.5. The third-order valence-electron chi connectivity index (χ3n) is 3.33. The largest absolute Gasteiger partial charge is 0.506 e. The van der Waals surface area contributed by atoms with E-state index < -0.39 is 0 Å². The van der Waals surface area contributed by atoms with E-state index in [0.717, 1.165) is 23.4 Å². The molecule has 2 rings (SSSR count). The summed E-state index contributed by atoms with van der Waals surface area (Å²) in [7, 11) is 0. The quantitative estimate of drug-likeness (QED) is 0.435. The number of anilines is 1. The first-order valence-electron chi connectivity index (χ1n) is 7.13. The lowest BCUT2D eigenvalue weighted by Crippen LogP contribution is -2.26. The Hall–Kier alpha value is -2.20. The van der Waals surface area contributed by atoms with Gasteiger partial charge in [-0.2, -0.15) is 0 Å². The summed E-state index contributed by atoms with van der Waals surface area (Å²) in [5.41, 5.74) is 7.87. The summed E-state index contributed by atoms with van der Waals surface area (Å²) in [6.07, 6.45) is 2.01. The SMILES string of the molecule is Nc1cc(CC(=O)NCCCc2ccc(Cl)cc2)ccc1O. The predicted octanol–water partition coefficient (Wildman–Crippen LogP) is 2.92. The number of hydrogen-bond donors (Lipinski definition) is 3. The van der Waals surface area contributed by atoms with Gasteiger partial charge in [0.2, 0.25) is 5.91 Å². The fourth-order valence-electron chi connectivity index (χ4n) is 2.13. The van der Waals surface area contributed by atoms with Crippen molar-refractivity contribution in [1.82, 2.24) is 5.32 Å². The average Bonchev–Trinajstić information content (AvgIpc) is 2.49. The number of amides is 1. The molecular formula is C17H19ClN2O2. The van der Waals surface area contributed by atoms with Gasteiger partial charge in [0.05, 0.1) is 12.1 Å². The van der Waals surface area contributed by atoms with E-state index in [1.807, 2.05) is 24.3 Å². The molecule has 116 valence electrons. The number of hydrogen-bond acceptors (Lipinski definition) is 3. The van der Waals surface area contributed by atoms with Gasteiger partial charge >= 0.3 is 0 Å². The van der Waals surface area contributed by atoms with Crippen molar-refractivity contribution in [2.75, 3.05) is 12.3 Å². The van der Waals surface area contributed by atoms with Crippen molar-refractivity contribution in [3.63, 3.8) is 0 Å².